The maximum absolute atomic E-state index is 5.65. The number of rotatable bonds is 8. The monoisotopic (exact) mass is 407 g/mol. The topological polar surface area (TPSA) is 54.9 Å². The molecule has 120 valence electrons. The van der Waals surface area contributed by atoms with Gasteiger partial charge in [-0.2, -0.15) is 0 Å². The van der Waals surface area contributed by atoms with Gasteiger partial charge in [0.15, 0.2) is 5.96 Å². The third-order valence-corrected chi connectivity index (χ3v) is 2.71. The first-order valence-corrected chi connectivity index (χ1v) is 7.01. The van der Waals surface area contributed by atoms with Crippen molar-refractivity contribution >= 4 is 29.9 Å². The SMILES string of the molecule is CCCNC(=NC)NCCCOc1ccc(OC)cc1.I. The van der Waals surface area contributed by atoms with Gasteiger partial charge in [0.25, 0.3) is 0 Å². The Morgan fingerprint density at radius 2 is 1.71 bits per heavy atom. The molecule has 21 heavy (non-hydrogen) atoms. The van der Waals surface area contributed by atoms with Gasteiger partial charge in [-0.15, -0.1) is 24.0 Å². The minimum Gasteiger partial charge on any atom is -0.497 e. The van der Waals surface area contributed by atoms with E-state index in [1.165, 1.54) is 0 Å². The van der Waals surface area contributed by atoms with Crippen molar-refractivity contribution in [3.8, 4) is 11.5 Å². The molecule has 0 heterocycles. The Balaban J connectivity index is 0.00000400. The molecule has 1 aromatic rings. The van der Waals surface area contributed by atoms with Crippen molar-refractivity contribution in [3.63, 3.8) is 0 Å². The van der Waals surface area contributed by atoms with Crippen molar-refractivity contribution in [1.29, 1.82) is 0 Å². The molecule has 0 aliphatic heterocycles. The van der Waals surface area contributed by atoms with Crippen LogP contribution in [0.2, 0.25) is 0 Å². The molecular formula is C15H26IN3O2. The van der Waals surface area contributed by atoms with Crippen LogP contribution in [0.4, 0.5) is 0 Å². The lowest BCUT2D eigenvalue weighted by molar-refractivity contribution is 0.310. The first-order chi connectivity index (χ1) is 9.80. The largest absolute Gasteiger partial charge is 0.497 e. The van der Waals surface area contributed by atoms with E-state index in [1.807, 2.05) is 24.3 Å². The van der Waals surface area contributed by atoms with Gasteiger partial charge in [0.05, 0.1) is 13.7 Å². The fourth-order valence-corrected chi connectivity index (χ4v) is 1.60. The summed E-state index contributed by atoms with van der Waals surface area (Å²) in [5.74, 6) is 2.54. The summed E-state index contributed by atoms with van der Waals surface area (Å²) in [6, 6.07) is 7.61. The van der Waals surface area contributed by atoms with Crippen molar-refractivity contribution in [2.45, 2.75) is 19.8 Å². The zero-order chi connectivity index (χ0) is 14.6. The number of methoxy groups -OCH3 is 1. The van der Waals surface area contributed by atoms with Gasteiger partial charge in [-0.1, -0.05) is 6.92 Å². The minimum atomic E-state index is 0. The van der Waals surface area contributed by atoms with Gasteiger partial charge >= 0.3 is 0 Å². The summed E-state index contributed by atoms with van der Waals surface area (Å²) in [4.78, 5) is 4.14. The number of guanidine groups is 1. The van der Waals surface area contributed by atoms with Gasteiger partial charge in [0, 0.05) is 20.1 Å². The van der Waals surface area contributed by atoms with Crippen LogP contribution in [0.15, 0.2) is 29.3 Å². The number of ether oxygens (including phenoxy) is 2. The van der Waals surface area contributed by atoms with Gasteiger partial charge in [-0.3, -0.25) is 4.99 Å². The molecule has 0 unspecified atom stereocenters. The van der Waals surface area contributed by atoms with Crippen LogP contribution in [0.3, 0.4) is 0 Å². The highest BCUT2D eigenvalue weighted by Crippen LogP contribution is 2.16. The number of nitrogens with one attached hydrogen (secondary N) is 2. The Bertz CT molecular complexity index is 396. The molecule has 0 bridgehead atoms. The molecular weight excluding hydrogens is 381 g/mol. The van der Waals surface area contributed by atoms with Crippen molar-refractivity contribution in [3.05, 3.63) is 24.3 Å². The highest BCUT2D eigenvalue weighted by Gasteiger charge is 1.97. The lowest BCUT2D eigenvalue weighted by Gasteiger charge is -2.11. The summed E-state index contributed by atoms with van der Waals surface area (Å²) in [6.45, 7) is 4.56. The second kappa shape index (κ2) is 12.6. The van der Waals surface area contributed by atoms with E-state index < -0.39 is 0 Å². The number of benzene rings is 1. The van der Waals surface area contributed by atoms with Gasteiger partial charge in [0.1, 0.15) is 11.5 Å². The normalized spacial score (nSPS) is 10.5. The van der Waals surface area contributed by atoms with Crippen LogP contribution < -0.4 is 20.1 Å². The average Bonchev–Trinajstić information content (AvgIpc) is 2.50. The molecule has 0 saturated heterocycles. The molecule has 0 aliphatic rings. The van der Waals surface area contributed by atoms with Crippen molar-refractivity contribution in [2.24, 2.45) is 4.99 Å². The van der Waals surface area contributed by atoms with Crippen LogP contribution in [0.25, 0.3) is 0 Å². The second-order valence-electron chi connectivity index (χ2n) is 4.30. The zero-order valence-corrected chi connectivity index (χ0v) is 15.3. The summed E-state index contributed by atoms with van der Waals surface area (Å²) in [7, 11) is 3.43. The van der Waals surface area contributed by atoms with Crippen molar-refractivity contribution in [1.82, 2.24) is 10.6 Å². The van der Waals surface area contributed by atoms with E-state index in [9.17, 15) is 0 Å². The summed E-state index contributed by atoms with van der Waals surface area (Å²) >= 11 is 0. The van der Waals surface area contributed by atoms with Crippen LogP contribution in [0, 0.1) is 0 Å². The van der Waals surface area contributed by atoms with Crippen LogP contribution in [0.5, 0.6) is 11.5 Å². The second-order valence-corrected chi connectivity index (χ2v) is 4.30. The highest BCUT2D eigenvalue weighted by molar-refractivity contribution is 14.0. The quantitative estimate of drug-likeness (QED) is 0.301. The molecule has 0 radical (unpaired) electrons. The Labute approximate surface area is 144 Å². The molecule has 0 saturated carbocycles. The van der Waals surface area contributed by atoms with Crippen molar-refractivity contribution in [2.75, 3.05) is 33.9 Å². The molecule has 0 aliphatic carbocycles. The molecule has 0 amide bonds. The summed E-state index contributed by atoms with van der Waals surface area (Å²) in [6.07, 6.45) is 2.00. The van der Waals surface area contributed by atoms with Crippen molar-refractivity contribution < 1.29 is 9.47 Å². The number of hydrogen-bond acceptors (Lipinski definition) is 3. The Kier molecular flexibility index (Phi) is 11.8. The molecule has 5 nitrogen and oxygen atoms in total. The zero-order valence-electron chi connectivity index (χ0n) is 13.0. The van der Waals surface area contributed by atoms with Crippen LogP contribution in [-0.4, -0.2) is 39.8 Å². The van der Waals surface area contributed by atoms with E-state index in [0.29, 0.717) is 6.61 Å². The van der Waals surface area contributed by atoms with Crippen LogP contribution >= 0.6 is 24.0 Å². The minimum absolute atomic E-state index is 0. The number of halogens is 1. The van der Waals surface area contributed by atoms with Gasteiger partial charge < -0.3 is 20.1 Å². The standard InChI is InChI=1S/C15H25N3O2.HI/c1-4-10-17-15(16-2)18-11-5-12-20-14-8-6-13(19-3)7-9-14;/h6-9H,4-5,10-12H2,1-3H3,(H2,16,17,18);1H. The third-order valence-electron chi connectivity index (χ3n) is 2.71. The predicted molar refractivity (Wildman–Crippen MR) is 98.2 cm³/mol. The predicted octanol–water partition coefficient (Wildman–Crippen LogP) is 2.66. The average molecular weight is 407 g/mol. The van der Waals surface area contributed by atoms with E-state index in [0.717, 1.165) is 43.4 Å². The van der Waals surface area contributed by atoms with E-state index in [-0.39, 0.29) is 24.0 Å². The van der Waals surface area contributed by atoms with Gasteiger partial charge in [0.2, 0.25) is 0 Å². The fraction of sp³-hybridized carbons (Fsp3) is 0.533. The molecule has 0 atom stereocenters. The van der Waals surface area contributed by atoms with E-state index in [1.54, 1.807) is 14.2 Å². The molecule has 0 aromatic heterocycles. The first-order valence-electron chi connectivity index (χ1n) is 7.01. The Morgan fingerprint density at radius 3 is 2.29 bits per heavy atom. The molecule has 0 fully saturated rings. The number of hydrogen-bond donors (Lipinski definition) is 2. The maximum atomic E-state index is 5.65. The van der Waals surface area contributed by atoms with E-state index in [4.69, 9.17) is 9.47 Å². The smallest absolute Gasteiger partial charge is 0.190 e. The highest BCUT2D eigenvalue weighted by atomic mass is 127. The molecule has 1 rings (SSSR count). The summed E-state index contributed by atoms with van der Waals surface area (Å²) < 4.78 is 10.7. The third kappa shape index (κ3) is 8.64. The Morgan fingerprint density at radius 1 is 1.10 bits per heavy atom. The van der Waals surface area contributed by atoms with Crippen LogP contribution in [0.1, 0.15) is 19.8 Å². The first kappa shape index (κ1) is 19.8. The maximum Gasteiger partial charge on any atom is 0.190 e. The molecule has 6 heteroatoms. The van der Waals surface area contributed by atoms with Gasteiger partial charge in [-0.25, -0.2) is 0 Å². The summed E-state index contributed by atoms with van der Waals surface area (Å²) in [5, 5.41) is 6.47. The number of aliphatic imine (C=N–C) groups is 1. The van der Waals surface area contributed by atoms with Gasteiger partial charge in [-0.05, 0) is 37.1 Å². The molecule has 2 N–H and O–H groups in total. The lowest BCUT2D eigenvalue weighted by Crippen LogP contribution is -2.38. The van der Waals surface area contributed by atoms with Crippen LogP contribution in [-0.2, 0) is 0 Å². The Hall–Kier alpha value is -1.18. The molecule has 0 spiro atoms. The fourth-order valence-electron chi connectivity index (χ4n) is 1.60. The van der Waals surface area contributed by atoms with E-state index >= 15 is 0 Å². The lowest BCUT2D eigenvalue weighted by atomic mass is 10.3. The molecule has 1 aromatic carbocycles. The number of nitrogens with zero attached hydrogens (tertiary/aromatic N) is 1. The summed E-state index contributed by atoms with van der Waals surface area (Å²) in [5.41, 5.74) is 0. The van der Waals surface area contributed by atoms with E-state index in [2.05, 4.69) is 22.5 Å².